The van der Waals surface area contributed by atoms with Crippen LogP contribution in [0.5, 0.6) is 5.75 Å². The van der Waals surface area contributed by atoms with E-state index in [4.69, 9.17) is 5.73 Å². The van der Waals surface area contributed by atoms with Crippen LogP contribution >= 0.6 is 15.9 Å². The molecule has 0 radical (unpaired) electrons. The third-order valence-corrected chi connectivity index (χ3v) is 4.67. The van der Waals surface area contributed by atoms with Gasteiger partial charge in [-0.2, -0.15) is 0 Å². The van der Waals surface area contributed by atoms with E-state index in [0.717, 1.165) is 10.0 Å². The normalized spacial score (nSPS) is 19.2. The number of benzene rings is 1. The number of rotatable bonds is 2. The van der Waals surface area contributed by atoms with Gasteiger partial charge in [0.1, 0.15) is 5.75 Å². The molecule has 0 bridgehead atoms. The van der Waals surface area contributed by atoms with Gasteiger partial charge in [0.2, 0.25) is 0 Å². The predicted molar refractivity (Wildman–Crippen MR) is 74.4 cm³/mol. The van der Waals surface area contributed by atoms with Crippen LogP contribution in [0.1, 0.15) is 43.2 Å². The molecule has 17 heavy (non-hydrogen) atoms. The minimum atomic E-state index is 0.124. The van der Waals surface area contributed by atoms with Crippen molar-refractivity contribution >= 4 is 15.9 Å². The van der Waals surface area contributed by atoms with Crippen LogP contribution in [0.15, 0.2) is 16.6 Å². The quantitative estimate of drug-likeness (QED) is 0.876. The molecule has 1 aliphatic rings. The van der Waals surface area contributed by atoms with Crippen LogP contribution in [-0.2, 0) is 5.41 Å². The van der Waals surface area contributed by atoms with Crippen LogP contribution in [-0.4, -0.2) is 11.7 Å². The van der Waals surface area contributed by atoms with Crippen molar-refractivity contribution in [3.05, 3.63) is 27.7 Å². The van der Waals surface area contributed by atoms with Crippen molar-refractivity contribution in [1.29, 1.82) is 0 Å². The summed E-state index contributed by atoms with van der Waals surface area (Å²) in [7, 11) is 0. The number of nitrogens with two attached hydrogens (primary N) is 1. The van der Waals surface area contributed by atoms with Crippen molar-refractivity contribution in [2.24, 2.45) is 5.73 Å². The molecule has 94 valence electrons. The number of aromatic hydroxyl groups is 1. The number of phenolic OH excluding ortho intramolecular Hbond substituents is 1. The molecule has 2 nitrogen and oxygen atoms in total. The molecular weight excluding hydrogens is 278 g/mol. The Balaban J connectivity index is 2.43. The first-order valence-electron chi connectivity index (χ1n) is 6.29. The zero-order chi connectivity index (χ0) is 12.5. The molecule has 0 spiro atoms. The van der Waals surface area contributed by atoms with E-state index in [1.807, 2.05) is 13.0 Å². The molecule has 1 saturated carbocycles. The Hall–Kier alpha value is -0.540. The van der Waals surface area contributed by atoms with Gasteiger partial charge in [-0.15, -0.1) is 0 Å². The van der Waals surface area contributed by atoms with Gasteiger partial charge >= 0.3 is 0 Å². The van der Waals surface area contributed by atoms with Crippen LogP contribution in [0.25, 0.3) is 0 Å². The maximum absolute atomic E-state index is 9.81. The maximum Gasteiger partial charge on any atom is 0.132 e. The number of phenols is 1. The Kier molecular flexibility index (Phi) is 3.79. The molecule has 3 N–H and O–H groups in total. The van der Waals surface area contributed by atoms with Crippen molar-refractivity contribution in [1.82, 2.24) is 0 Å². The molecular formula is C14H20BrNO. The molecule has 0 amide bonds. The van der Waals surface area contributed by atoms with Crippen LogP contribution < -0.4 is 5.73 Å². The molecule has 1 fully saturated rings. The van der Waals surface area contributed by atoms with Gasteiger partial charge in [0, 0.05) is 12.0 Å². The van der Waals surface area contributed by atoms with Gasteiger partial charge in [-0.05, 0) is 52.9 Å². The number of aryl methyl sites for hydroxylation is 1. The van der Waals surface area contributed by atoms with E-state index in [1.54, 1.807) is 0 Å². The molecule has 0 heterocycles. The van der Waals surface area contributed by atoms with Gasteiger partial charge in [-0.3, -0.25) is 0 Å². The van der Waals surface area contributed by atoms with Crippen LogP contribution in [0.4, 0.5) is 0 Å². The van der Waals surface area contributed by atoms with Gasteiger partial charge in [-0.25, -0.2) is 0 Å². The van der Waals surface area contributed by atoms with E-state index in [0.29, 0.717) is 12.3 Å². The molecule has 0 aliphatic heterocycles. The highest BCUT2D eigenvalue weighted by Crippen LogP contribution is 2.41. The third-order valence-electron chi connectivity index (χ3n) is 4.07. The van der Waals surface area contributed by atoms with Gasteiger partial charge in [-0.1, -0.05) is 25.3 Å². The van der Waals surface area contributed by atoms with Crippen molar-refractivity contribution in [2.45, 2.75) is 44.4 Å². The fourth-order valence-corrected chi connectivity index (χ4v) is 3.44. The highest BCUT2D eigenvalue weighted by Gasteiger charge is 2.33. The summed E-state index contributed by atoms with van der Waals surface area (Å²) in [4.78, 5) is 0. The molecule has 0 saturated heterocycles. The van der Waals surface area contributed by atoms with E-state index >= 15 is 0 Å². The summed E-state index contributed by atoms with van der Waals surface area (Å²) in [5, 5.41) is 9.81. The fourth-order valence-electron chi connectivity index (χ4n) is 2.88. The highest BCUT2D eigenvalue weighted by molar-refractivity contribution is 9.10. The minimum Gasteiger partial charge on any atom is -0.506 e. The van der Waals surface area contributed by atoms with E-state index in [2.05, 4.69) is 22.0 Å². The summed E-state index contributed by atoms with van der Waals surface area (Å²) in [5.41, 5.74) is 8.36. The Labute approximate surface area is 111 Å². The molecule has 3 heteroatoms. The van der Waals surface area contributed by atoms with Gasteiger partial charge in [0.05, 0.1) is 4.47 Å². The largest absolute Gasteiger partial charge is 0.506 e. The van der Waals surface area contributed by atoms with E-state index in [9.17, 15) is 5.11 Å². The highest BCUT2D eigenvalue weighted by atomic mass is 79.9. The maximum atomic E-state index is 9.81. The third kappa shape index (κ3) is 2.36. The first-order chi connectivity index (χ1) is 8.09. The summed E-state index contributed by atoms with van der Waals surface area (Å²) in [6.07, 6.45) is 6.17. The second kappa shape index (κ2) is 4.99. The van der Waals surface area contributed by atoms with Gasteiger partial charge < -0.3 is 10.8 Å². The van der Waals surface area contributed by atoms with Crippen LogP contribution in [0.3, 0.4) is 0 Å². The van der Waals surface area contributed by atoms with Crippen LogP contribution in [0.2, 0.25) is 0 Å². The topological polar surface area (TPSA) is 46.2 Å². The number of halogens is 1. The van der Waals surface area contributed by atoms with Crippen molar-refractivity contribution in [3.8, 4) is 5.75 Å². The number of hydrogen-bond donors (Lipinski definition) is 2. The summed E-state index contributed by atoms with van der Waals surface area (Å²) >= 11 is 3.43. The Morgan fingerprint density at radius 3 is 2.47 bits per heavy atom. The first-order valence-corrected chi connectivity index (χ1v) is 7.08. The van der Waals surface area contributed by atoms with Gasteiger partial charge in [0.25, 0.3) is 0 Å². The summed E-state index contributed by atoms with van der Waals surface area (Å²) in [6.45, 7) is 2.64. The van der Waals surface area contributed by atoms with Crippen molar-refractivity contribution in [2.75, 3.05) is 6.54 Å². The zero-order valence-corrected chi connectivity index (χ0v) is 11.9. The average molecular weight is 298 g/mol. The van der Waals surface area contributed by atoms with E-state index in [1.165, 1.54) is 37.7 Å². The Morgan fingerprint density at radius 1 is 1.29 bits per heavy atom. The van der Waals surface area contributed by atoms with Gasteiger partial charge in [0.15, 0.2) is 0 Å². The van der Waals surface area contributed by atoms with Crippen molar-refractivity contribution < 1.29 is 5.11 Å². The lowest BCUT2D eigenvalue weighted by Gasteiger charge is -2.37. The lowest BCUT2D eigenvalue weighted by atomic mass is 9.69. The molecule has 0 unspecified atom stereocenters. The summed E-state index contributed by atoms with van der Waals surface area (Å²) in [5.74, 6) is 0.344. The SMILES string of the molecule is Cc1cc(C2(CN)CCCCC2)cc(Br)c1O. The standard InChI is InChI=1S/C14H20BrNO/c1-10-7-11(8-12(15)13(10)17)14(9-16)5-3-2-4-6-14/h7-8,17H,2-6,9,16H2,1H3. The van der Waals surface area contributed by atoms with E-state index < -0.39 is 0 Å². The first kappa shape index (κ1) is 12.9. The smallest absolute Gasteiger partial charge is 0.132 e. The molecule has 0 atom stereocenters. The number of hydrogen-bond acceptors (Lipinski definition) is 2. The molecule has 1 aromatic carbocycles. The lowest BCUT2D eigenvalue weighted by Crippen LogP contribution is -2.37. The summed E-state index contributed by atoms with van der Waals surface area (Å²) < 4.78 is 0.783. The van der Waals surface area contributed by atoms with E-state index in [-0.39, 0.29) is 5.41 Å². The fraction of sp³-hybridized carbons (Fsp3) is 0.571. The second-order valence-corrected chi connectivity index (χ2v) is 6.02. The monoisotopic (exact) mass is 297 g/mol. The lowest BCUT2D eigenvalue weighted by molar-refractivity contribution is 0.300. The Morgan fingerprint density at radius 2 is 1.94 bits per heavy atom. The molecule has 0 aromatic heterocycles. The van der Waals surface area contributed by atoms with Crippen LogP contribution in [0, 0.1) is 6.92 Å². The predicted octanol–water partition coefficient (Wildman–Crippen LogP) is 3.62. The molecule has 1 aliphatic carbocycles. The minimum absolute atomic E-state index is 0.124. The van der Waals surface area contributed by atoms with Crippen molar-refractivity contribution in [3.63, 3.8) is 0 Å². The molecule has 1 aromatic rings. The zero-order valence-electron chi connectivity index (χ0n) is 10.3. The molecule has 2 rings (SSSR count). The summed E-state index contributed by atoms with van der Waals surface area (Å²) in [6, 6.07) is 4.14. The second-order valence-electron chi connectivity index (χ2n) is 5.17. The average Bonchev–Trinajstić information content (AvgIpc) is 2.36. The Bertz CT molecular complexity index is 388.